The molecule has 1 aromatic carbocycles. The van der Waals surface area contributed by atoms with Crippen molar-refractivity contribution in [1.29, 1.82) is 0 Å². The first-order valence-electron chi connectivity index (χ1n) is 11.4. The number of esters is 3. The summed E-state index contributed by atoms with van der Waals surface area (Å²) in [5.41, 5.74) is -0.932. The maximum Gasteiger partial charge on any atom is 0.339 e. The zero-order valence-electron chi connectivity index (χ0n) is 19.1. The standard InChI is InChI=1S/C23H25I3O9S/c24-15-6-16(19(26)17(25)7-15)20(28)35-23-10-13-5-14(11-23)9-22(8-13,12-23)21(29)34-2-1-18(27)33-3-4-36(30,31)32/h6-7,13-14H,1-5,8-12H2,(H,30,31,32)/p-1. The summed E-state index contributed by atoms with van der Waals surface area (Å²) >= 11 is 6.53. The summed E-state index contributed by atoms with van der Waals surface area (Å²) in [7, 11) is -4.47. The summed E-state index contributed by atoms with van der Waals surface area (Å²) in [5.74, 6) is -1.79. The molecule has 13 heteroatoms. The summed E-state index contributed by atoms with van der Waals surface area (Å²) in [6, 6.07) is 3.82. The zero-order valence-corrected chi connectivity index (χ0v) is 26.4. The number of hydrogen-bond donors (Lipinski definition) is 0. The van der Waals surface area contributed by atoms with Crippen molar-refractivity contribution < 1.29 is 41.6 Å². The van der Waals surface area contributed by atoms with E-state index in [2.05, 4.69) is 67.8 Å². The highest BCUT2D eigenvalue weighted by Crippen LogP contribution is 2.63. The molecular formula is C23H24I3O9S-. The largest absolute Gasteiger partial charge is 0.748 e. The molecule has 0 aliphatic heterocycles. The smallest absolute Gasteiger partial charge is 0.339 e. The van der Waals surface area contributed by atoms with Crippen LogP contribution in [-0.4, -0.2) is 55.4 Å². The molecule has 4 saturated carbocycles. The Morgan fingerprint density at radius 3 is 2.31 bits per heavy atom. The van der Waals surface area contributed by atoms with Gasteiger partial charge in [-0.1, -0.05) is 0 Å². The number of carbonyl (C=O) groups excluding carboxylic acids is 3. The maximum absolute atomic E-state index is 13.3. The first-order chi connectivity index (χ1) is 16.8. The average molecular weight is 857 g/mol. The van der Waals surface area contributed by atoms with E-state index in [9.17, 15) is 27.4 Å². The minimum atomic E-state index is -4.47. The van der Waals surface area contributed by atoms with Gasteiger partial charge in [-0.2, -0.15) is 0 Å². The Morgan fingerprint density at radius 2 is 1.67 bits per heavy atom. The van der Waals surface area contributed by atoms with Crippen LogP contribution < -0.4 is 0 Å². The Hall–Kier alpha value is -0.270. The minimum absolute atomic E-state index is 0.204. The van der Waals surface area contributed by atoms with E-state index in [1.165, 1.54) is 0 Å². The van der Waals surface area contributed by atoms with E-state index < -0.39 is 45.4 Å². The fraction of sp³-hybridized carbons (Fsp3) is 0.609. The number of benzene rings is 1. The topological polar surface area (TPSA) is 136 Å². The highest BCUT2D eigenvalue weighted by molar-refractivity contribution is 14.1. The predicted octanol–water partition coefficient (Wildman–Crippen LogP) is 4.02. The highest BCUT2D eigenvalue weighted by atomic mass is 127. The van der Waals surface area contributed by atoms with Gasteiger partial charge in [-0.25, -0.2) is 13.2 Å². The average Bonchev–Trinajstić information content (AvgIpc) is 2.74. The molecule has 0 aromatic heterocycles. The van der Waals surface area contributed by atoms with Gasteiger partial charge in [0, 0.05) is 17.1 Å². The van der Waals surface area contributed by atoms with Crippen LogP contribution in [0.5, 0.6) is 0 Å². The molecule has 4 bridgehead atoms. The van der Waals surface area contributed by atoms with Crippen molar-refractivity contribution in [1.82, 2.24) is 0 Å². The molecule has 0 saturated heterocycles. The highest BCUT2D eigenvalue weighted by Gasteiger charge is 2.63. The third kappa shape index (κ3) is 6.65. The number of hydrogen-bond acceptors (Lipinski definition) is 9. The molecule has 9 nitrogen and oxygen atoms in total. The number of ether oxygens (including phenoxy) is 3. The van der Waals surface area contributed by atoms with Gasteiger partial charge in [-0.3, -0.25) is 9.59 Å². The third-order valence-electron chi connectivity index (χ3n) is 7.10. The molecule has 1 aromatic rings. The molecule has 2 atom stereocenters. The minimum Gasteiger partial charge on any atom is -0.748 e. The van der Waals surface area contributed by atoms with Gasteiger partial charge < -0.3 is 18.8 Å². The molecule has 5 rings (SSSR count). The summed E-state index contributed by atoms with van der Waals surface area (Å²) < 4.78 is 50.9. The molecule has 0 amide bonds. The summed E-state index contributed by atoms with van der Waals surface area (Å²) in [4.78, 5) is 38.3. The Balaban J connectivity index is 1.39. The van der Waals surface area contributed by atoms with Gasteiger partial charge in [0.1, 0.15) is 18.8 Å². The van der Waals surface area contributed by atoms with Crippen LogP contribution >= 0.6 is 67.8 Å². The van der Waals surface area contributed by atoms with Crippen LogP contribution in [0.2, 0.25) is 0 Å². The van der Waals surface area contributed by atoms with Crippen LogP contribution in [0.1, 0.15) is 55.3 Å². The molecule has 2 unspecified atom stereocenters. The summed E-state index contributed by atoms with van der Waals surface area (Å²) in [6.07, 6.45) is 3.98. The van der Waals surface area contributed by atoms with E-state index in [4.69, 9.17) is 14.2 Å². The van der Waals surface area contributed by atoms with Crippen molar-refractivity contribution in [3.8, 4) is 0 Å². The predicted molar refractivity (Wildman–Crippen MR) is 151 cm³/mol. The molecule has 0 radical (unpaired) electrons. The van der Waals surface area contributed by atoms with Gasteiger partial charge in [-0.15, -0.1) is 0 Å². The maximum atomic E-state index is 13.3. The van der Waals surface area contributed by atoms with E-state index >= 15 is 0 Å². The van der Waals surface area contributed by atoms with Crippen molar-refractivity contribution in [2.45, 2.75) is 50.5 Å². The fourth-order valence-electron chi connectivity index (χ4n) is 6.20. The number of rotatable bonds is 9. The Morgan fingerprint density at radius 1 is 1.00 bits per heavy atom. The van der Waals surface area contributed by atoms with Crippen molar-refractivity contribution in [3.05, 3.63) is 28.4 Å². The van der Waals surface area contributed by atoms with E-state index in [0.717, 1.165) is 30.0 Å². The Kier molecular flexibility index (Phi) is 8.84. The lowest BCUT2D eigenvalue weighted by Crippen LogP contribution is -2.60. The third-order valence-corrected chi connectivity index (χ3v) is 11.4. The lowest BCUT2D eigenvalue weighted by molar-refractivity contribution is -0.197. The fourth-order valence-corrected chi connectivity index (χ4v) is 8.87. The molecule has 36 heavy (non-hydrogen) atoms. The molecule has 0 spiro atoms. The van der Waals surface area contributed by atoms with Crippen molar-refractivity contribution >= 4 is 95.8 Å². The zero-order chi connectivity index (χ0) is 26.3. The molecule has 4 fully saturated rings. The van der Waals surface area contributed by atoms with Crippen LogP contribution in [0.25, 0.3) is 0 Å². The van der Waals surface area contributed by atoms with Crippen molar-refractivity contribution in [3.63, 3.8) is 0 Å². The quantitative estimate of drug-likeness (QED) is 0.119. The second kappa shape index (κ2) is 11.1. The van der Waals surface area contributed by atoms with E-state index in [0.29, 0.717) is 24.8 Å². The van der Waals surface area contributed by atoms with Crippen LogP contribution in [0.3, 0.4) is 0 Å². The van der Waals surface area contributed by atoms with Gasteiger partial charge >= 0.3 is 17.9 Å². The van der Waals surface area contributed by atoms with E-state index in [-0.39, 0.29) is 30.8 Å². The van der Waals surface area contributed by atoms with E-state index in [1.807, 2.05) is 12.1 Å². The van der Waals surface area contributed by atoms with Gasteiger partial charge in [0.05, 0.1) is 33.3 Å². The van der Waals surface area contributed by atoms with Crippen LogP contribution in [0.4, 0.5) is 0 Å². The van der Waals surface area contributed by atoms with Gasteiger partial charge in [0.15, 0.2) is 0 Å². The summed E-state index contributed by atoms with van der Waals surface area (Å²) in [5, 5.41) is 0. The van der Waals surface area contributed by atoms with E-state index in [1.54, 1.807) is 0 Å². The summed E-state index contributed by atoms with van der Waals surface area (Å²) in [6.45, 7) is -0.733. The van der Waals surface area contributed by atoms with Gasteiger partial charge in [-0.05, 0) is 124 Å². The lowest BCUT2D eigenvalue weighted by Gasteiger charge is -2.59. The van der Waals surface area contributed by atoms with Crippen LogP contribution in [0.15, 0.2) is 12.1 Å². The Bertz CT molecular complexity index is 1170. The molecule has 198 valence electrons. The SMILES string of the molecule is O=C(CCOC(=O)C12CC3CC(CC(OC(=O)c4cc(I)cc(I)c4I)(C3)C1)C2)OCCS(=O)(=O)[O-]. The monoisotopic (exact) mass is 857 g/mol. The molecule has 0 N–H and O–H groups in total. The van der Waals surface area contributed by atoms with Gasteiger partial charge in [0.25, 0.3) is 0 Å². The number of carbonyl (C=O) groups is 3. The molecular weight excluding hydrogens is 833 g/mol. The normalized spacial score (nSPS) is 28.6. The lowest BCUT2D eigenvalue weighted by atomic mass is 9.48. The van der Waals surface area contributed by atoms with Gasteiger partial charge in [0.2, 0.25) is 0 Å². The van der Waals surface area contributed by atoms with Crippen LogP contribution in [0, 0.1) is 28.0 Å². The molecule has 4 aliphatic carbocycles. The Labute approximate surface area is 250 Å². The molecule has 0 heterocycles. The van der Waals surface area contributed by atoms with Crippen molar-refractivity contribution in [2.24, 2.45) is 17.3 Å². The number of halogens is 3. The molecule has 4 aliphatic rings. The first kappa shape index (κ1) is 28.7. The van der Waals surface area contributed by atoms with Crippen molar-refractivity contribution in [2.75, 3.05) is 19.0 Å². The second-order valence-electron chi connectivity index (χ2n) is 9.93. The first-order valence-corrected chi connectivity index (χ1v) is 16.3. The van der Waals surface area contributed by atoms with Crippen LogP contribution in [-0.2, 0) is 33.9 Å². The second-order valence-corrected chi connectivity index (χ2v) is 14.9.